The van der Waals surface area contributed by atoms with Crippen molar-refractivity contribution < 1.29 is 4.42 Å². The highest BCUT2D eigenvalue weighted by molar-refractivity contribution is 9.11. The average Bonchev–Trinajstić information content (AvgIpc) is 2.84. The summed E-state index contributed by atoms with van der Waals surface area (Å²) in [6.07, 6.45) is 1.00. The number of rotatable bonds is 5. The maximum atomic E-state index is 5.77. The number of aryl methyl sites for hydroxylation is 2. The Labute approximate surface area is 127 Å². The molecule has 1 atom stereocenters. The second kappa shape index (κ2) is 6.25. The molecule has 0 radical (unpaired) electrons. The fraction of sp³-hybridized carbons (Fsp3) is 0.467. The maximum absolute atomic E-state index is 5.77. The summed E-state index contributed by atoms with van der Waals surface area (Å²) in [4.78, 5) is 1.38. The van der Waals surface area contributed by atoms with Crippen molar-refractivity contribution in [2.75, 3.05) is 6.54 Å². The van der Waals surface area contributed by atoms with E-state index in [0.717, 1.165) is 24.5 Å². The minimum Gasteiger partial charge on any atom is -0.466 e. The Kier molecular flexibility index (Phi) is 4.87. The van der Waals surface area contributed by atoms with Crippen LogP contribution in [0.3, 0.4) is 0 Å². The highest BCUT2D eigenvalue weighted by atomic mass is 79.9. The molecule has 2 aromatic heterocycles. The minimum absolute atomic E-state index is 0.327. The third-order valence-corrected chi connectivity index (χ3v) is 5.10. The van der Waals surface area contributed by atoms with Gasteiger partial charge in [0.2, 0.25) is 0 Å². The van der Waals surface area contributed by atoms with Gasteiger partial charge in [-0.25, -0.2) is 0 Å². The minimum atomic E-state index is 0.327. The Hall–Kier alpha value is -0.580. The number of thiophene rings is 1. The normalized spacial score (nSPS) is 12.9. The summed E-state index contributed by atoms with van der Waals surface area (Å²) in [7, 11) is 0. The van der Waals surface area contributed by atoms with Gasteiger partial charge in [-0.1, -0.05) is 6.92 Å². The first-order valence-corrected chi connectivity index (χ1v) is 8.18. The van der Waals surface area contributed by atoms with E-state index in [1.807, 2.05) is 6.92 Å². The van der Waals surface area contributed by atoms with Gasteiger partial charge < -0.3 is 9.73 Å². The van der Waals surface area contributed by atoms with E-state index in [9.17, 15) is 0 Å². The standard InChI is InChI=1S/C15H20BrNOS/c1-5-17-13(8-12-6-7-14(16)19-12)15-9(2)10(3)18-11(15)4/h6-7,13,17H,5,8H2,1-4H3. The van der Waals surface area contributed by atoms with Crippen LogP contribution in [0.25, 0.3) is 0 Å². The lowest BCUT2D eigenvalue weighted by Crippen LogP contribution is -2.23. The molecule has 19 heavy (non-hydrogen) atoms. The molecule has 2 nitrogen and oxygen atoms in total. The van der Waals surface area contributed by atoms with Gasteiger partial charge >= 0.3 is 0 Å². The highest BCUT2D eigenvalue weighted by Gasteiger charge is 2.21. The maximum Gasteiger partial charge on any atom is 0.106 e. The summed E-state index contributed by atoms with van der Waals surface area (Å²) in [5, 5.41) is 3.58. The molecule has 0 aromatic carbocycles. The third kappa shape index (κ3) is 3.30. The first kappa shape index (κ1) is 14.8. The van der Waals surface area contributed by atoms with Crippen LogP contribution in [0, 0.1) is 20.8 Å². The lowest BCUT2D eigenvalue weighted by Gasteiger charge is -2.18. The SMILES string of the molecule is CCNC(Cc1ccc(Br)s1)c1c(C)oc(C)c1C. The van der Waals surface area contributed by atoms with Crippen LogP contribution in [0.1, 0.15) is 40.5 Å². The summed E-state index contributed by atoms with van der Waals surface area (Å²) in [5.41, 5.74) is 2.60. The van der Waals surface area contributed by atoms with E-state index in [1.54, 1.807) is 11.3 Å². The van der Waals surface area contributed by atoms with Crippen molar-refractivity contribution in [3.8, 4) is 0 Å². The predicted octanol–water partition coefficient (Wildman–Crippen LogP) is 4.92. The monoisotopic (exact) mass is 341 g/mol. The number of halogens is 1. The smallest absolute Gasteiger partial charge is 0.106 e. The van der Waals surface area contributed by atoms with Crippen LogP contribution >= 0.6 is 27.3 Å². The second-order valence-corrected chi connectivity index (χ2v) is 7.32. The number of hydrogen-bond acceptors (Lipinski definition) is 3. The first-order valence-electron chi connectivity index (χ1n) is 6.57. The summed E-state index contributed by atoms with van der Waals surface area (Å²) in [6, 6.07) is 4.63. The fourth-order valence-electron chi connectivity index (χ4n) is 2.51. The number of hydrogen-bond donors (Lipinski definition) is 1. The summed E-state index contributed by atoms with van der Waals surface area (Å²) in [5.74, 6) is 2.07. The molecule has 0 fully saturated rings. The molecule has 0 aliphatic carbocycles. The first-order chi connectivity index (χ1) is 9.02. The van der Waals surface area contributed by atoms with Crippen LogP contribution in [0.15, 0.2) is 20.3 Å². The Balaban J connectivity index is 2.29. The van der Waals surface area contributed by atoms with Crippen molar-refractivity contribution in [3.63, 3.8) is 0 Å². The lowest BCUT2D eigenvalue weighted by molar-refractivity contribution is 0.485. The van der Waals surface area contributed by atoms with Crippen molar-refractivity contribution in [2.24, 2.45) is 0 Å². The Morgan fingerprint density at radius 1 is 1.26 bits per heavy atom. The molecule has 104 valence electrons. The second-order valence-electron chi connectivity index (χ2n) is 4.77. The summed E-state index contributed by atoms with van der Waals surface area (Å²) >= 11 is 5.33. The molecular weight excluding hydrogens is 322 g/mol. The molecule has 1 unspecified atom stereocenters. The molecule has 2 aromatic rings. The molecule has 0 spiro atoms. The molecule has 4 heteroatoms. The van der Waals surface area contributed by atoms with Crippen molar-refractivity contribution in [3.05, 3.63) is 43.4 Å². The molecule has 2 rings (SSSR count). The molecule has 1 N–H and O–H groups in total. The molecule has 2 heterocycles. The van der Waals surface area contributed by atoms with Gasteiger partial charge in [0.1, 0.15) is 11.5 Å². The zero-order valence-electron chi connectivity index (χ0n) is 11.8. The van der Waals surface area contributed by atoms with E-state index in [0.29, 0.717) is 6.04 Å². The molecular formula is C15H20BrNOS. The van der Waals surface area contributed by atoms with Crippen LogP contribution in [0.5, 0.6) is 0 Å². The Bertz CT molecular complexity index is 558. The average molecular weight is 342 g/mol. The lowest BCUT2D eigenvalue weighted by atomic mass is 9.98. The molecule has 0 bridgehead atoms. The Morgan fingerprint density at radius 3 is 2.47 bits per heavy atom. The van der Waals surface area contributed by atoms with Gasteiger partial charge in [0.15, 0.2) is 0 Å². The number of likely N-dealkylation sites (N-methyl/N-ethyl adjacent to an activating group) is 1. The topological polar surface area (TPSA) is 25.2 Å². The Morgan fingerprint density at radius 2 is 2.00 bits per heavy atom. The zero-order chi connectivity index (χ0) is 14.0. The third-order valence-electron chi connectivity index (χ3n) is 3.45. The molecule has 0 saturated carbocycles. The molecule has 0 saturated heterocycles. The zero-order valence-corrected chi connectivity index (χ0v) is 14.2. The van der Waals surface area contributed by atoms with E-state index in [4.69, 9.17) is 4.42 Å². The van der Waals surface area contributed by atoms with Crippen LogP contribution in [-0.2, 0) is 6.42 Å². The fourth-order valence-corrected chi connectivity index (χ4v) is 4.04. The van der Waals surface area contributed by atoms with Crippen molar-refractivity contribution in [1.29, 1.82) is 0 Å². The quantitative estimate of drug-likeness (QED) is 0.834. The number of nitrogens with one attached hydrogen (secondary N) is 1. The van der Waals surface area contributed by atoms with Gasteiger partial charge in [-0.15, -0.1) is 11.3 Å². The van der Waals surface area contributed by atoms with Crippen molar-refractivity contribution >= 4 is 27.3 Å². The van der Waals surface area contributed by atoms with Crippen LogP contribution in [-0.4, -0.2) is 6.54 Å². The number of furan rings is 1. The highest BCUT2D eigenvalue weighted by Crippen LogP contribution is 2.32. The van der Waals surface area contributed by atoms with E-state index in [-0.39, 0.29) is 0 Å². The van der Waals surface area contributed by atoms with Gasteiger partial charge in [-0.2, -0.15) is 0 Å². The van der Waals surface area contributed by atoms with E-state index in [1.165, 1.54) is 19.8 Å². The van der Waals surface area contributed by atoms with E-state index < -0.39 is 0 Å². The predicted molar refractivity (Wildman–Crippen MR) is 85.1 cm³/mol. The van der Waals surface area contributed by atoms with Crippen LogP contribution in [0.4, 0.5) is 0 Å². The van der Waals surface area contributed by atoms with Crippen LogP contribution in [0.2, 0.25) is 0 Å². The van der Waals surface area contributed by atoms with Gasteiger partial charge in [0.25, 0.3) is 0 Å². The van der Waals surface area contributed by atoms with Gasteiger partial charge in [-0.05, 0) is 60.9 Å². The van der Waals surface area contributed by atoms with Gasteiger partial charge in [0, 0.05) is 22.9 Å². The van der Waals surface area contributed by atoms with Crippen molar-refractivity contribution in [2.45, 2.75) is 40.2 Å². The van der Waals surface area contributed by atoms with Gasteiger partial charge in [-0.3, -0.25) is 0 Å². The largest absolute Gasteiger partial charge is 0.466 e. The molecule has 0 aliphatic heterocycles. The van der Waals surface area contributed by atoms with Gasteiger partial charge in [0.05, 0.1) is 3.79 Å². The van der Waals surface area contributed by atoms with Crippen LogP contribution < -0.4 is 5.32 Å². The summed E-state index contributed by atoms with van der Waals surface area (Å²) < 4.78 is 6.96. The van der Waals surface area contributed by atoms with E-state index >= 15 is 0 Å². The molecule has 0 amide bonds. The van der Waals surface area contributed by atoms with E-state index in [2.05, 4.69) is 54.2 Å². The van der Waals surface area contributed by atoms with Crippen molar-refractivity contribution in [1.82, 2.24) is 5.32 Å². The molecule has 0 aliphatic rings. The summed E-state index contributed by atoms with van der Waals surface area (Å²) in [6.45, 7) is 9.35.